The van der Waals surface area contributed by atoms with Gasteiger partial charge < -0.3 is 4.57 Å². The molecule has 1 aromatic rings. The van der Waals surface area contributed by atoms with E-state index < -0.39 is 0 Å². The van der Waals surface area contributed by atoms with Crippen LogP contribution in [0.3, 0.4) is 0 Å². The summed E-state index contributed by atoms with van der Waals surface area (Å²) < 4.78 is 2.19. The summed E-state index contributed by atoms with van der Waals surface area (Å²) in [7, 11) is 2.10. The molecule has 0 N–H and O–H groups in total. The van der Waals surface area contributed by atoms with Gasteiger partial charge in [-0.1, -0.05) is 13.3 Å². The summed E-state index contributed by atoms with van der Waals surface area (Å²) in [5, 5.41) is 0. The number of rotatable bonds is 3. The molecule has 0 unspecified atom stereocenters. The van der Waals surface area contributed by atoms with Crippen LogP contribution >= 0.6 is 0 Å². The van der Waals surface area contributed by atoms with Crippen LogP contribution in [0.15, 0.2) is 18.3 Å². The lowest BCUT2D eigenvalue weighted by Crippen LogP contribution is -1.93. The molecule has 0 saturated heterocycles. The van der Waals surface area contributed by atoms with Gasteiger partial charge >= 0.3 is 0 Å². The van der Waals surface area contributed by atoms with Crippen molar-refractivity contribution in [2.45, 2.75) is 26.2 Å². The molecule has 56 valence electrons. The number of aryl methyl sites for hydroxylation is 2. The molecule has 1 nitrogen and oxygen atoms in total. The lowest BCUT2D eigenvalue weighted by molar-refractivity contribution is 0.733. The topological polar surface area (TPSA) is 4.93 Å². The van der Waals surface area contributed by atoms with Crippen LogP contribution in [0.1, 0.15) is 25.5 Å². The molecule has 1 heterocycles. The first-order valence-electron chi connectivity index (χ1n) is 3.95. The lowest BCUT2D eigenvalue weighted by Gasteiger charge is -1.99. The third-order valence-corrected chi connectivity index (χ3v) is 1.84. The number of hydrogen-bond acceptors (Lipinski definition) is 0. The summed E-state index contributed by atoms with van der Waals surface area (Å²) in [4.78, 5) is 0. The molecule has 0 atom stereocenters. The van der Waals surface area contributed by atoms with Crippen LogP contribution < -0.4 is 0 Å². The third-order valence-electron chi connectivity index (χ3n) is 1.84. The molecule has 0 aliphatic carbocycles. The van der Waals surface area contributed by atoms with Gasteiger partial charge in [-0.05, 0) is 25.0 Å². The molecule has 0 aliphatic rings. The fraction of sp³-hybridized carbons (Fsp3) is 0.556. The Labute approximate surface area is 62.7 Å². The van der Waals surface area contributed by atoms with Gasteiger partial charge in [0.15, 0.2) is 0 Å². The zero-order chi connectivity index (χ0) is 7.40. The molecule has 0 aliphatic heterocycles. The highest BCUT2D eigenvalue weighted by atomic mass is 14.9. The minimum Gasteiger partial charge on any atom is -0.354 e. The Morgan fingerprint density at radius 3 is 2.80 bits per heavy atom. The molecule has 0 amide bonds. The molecule has 1 heteroatoms. The highest BCUT2D eigenvalue weighted by Gasteiger charge is 1.93. The van der Waals surface area contributed by atoms with E-state index in [1.165, 1.54) is 25.0 Å². The largest absolute Gasteiger partial charge is 0.354 e. The van der Waals surface area contributed by atoms with Crippen molar-refractivity contribution in [1.29, 1.82) is 0 Å². The van der Waals surface area contributed by atoms with Crippen LogP contribution in [0, 0.1) is 0 Å². The second-order valence-corrected chi connectivity index (χ2v) is 2.71. The van der Waals surface area contributed by atoms with Gasteiger partial charge in [-0.15, -0.1) is 0 Å². The summed E-state index contributed by atoms with van der Waals surface area (Å²) in [5.41, 5.74) is 1.45. The van der Waals surface area contributed by atoms with Crippen molar-refractivity contribution in [1.82, 2.24) is 4.57 Å². The van der Waals surface area contributed by atoms with Crippen molar-refractivity contribution in [3.05, 3.63) is 24.0 Å². The van der Waals surface area contributed by atoms with Gasteiger partial charge in [0.05, 0.1) is 0 Å². The molecule has 0 bridgehead atoms. The first kappa shape index (κ1) is 7.39. The smallest absolute Gasteiger partial charge is 0.0171 e. The van der Waals surface area contributed by atoms with E-state index in [0.29, 0.717) is 0 Å². The number of nitrogens with zero attached hydrogens (tertiary/aromatic N) is 1. The minimum absolute atomic E-state index is 1.22. The zero-order valence-electron chi connectivity index (χ0n) is 6.80. The first-order chi connectivity index (χ1) is 4.84. The average molecular weight is 137 g/mol. The SMILES string of the molecule is CCCCc1cccn1C. The van der Waals surface area contributed by atoms with E-state index in [9.17, 15) is 0 Å². The monoisotopic (exact) mass is 137 g/mol. The molecule has 1 aromatic heterocycles. The average Bonchev–Trinajstić information content (AvgIpc) is 2.31. The fourth-order valence-corrected chi connectivity index (χ4v) is 1.11. The highest BCUT2D eigenvalue weighted by molar-refractivity contribution is 5.06. The van der Waals surface area contributed by atoms with Gasteiger partial charge in [-0.25, -0.2) is 0 Å². The molecular weight excluding hydrogens is 122 g/mol. The maximum atomic E-state index is 2.23. The number of unbranched alkanes of at least 4 members (excludes halogenated alkanes) is 1. The van der Waals surface area contributed by atoms with E-state index >= 15 is 0 Å². The summed E-state index contributed by atoms with van der Waals surface area (Å²) in [5.74, 6) is 0. The fourth-order valence-electron chi connectivity index (χ4n) is 1.11. The van der Waals surface area contributed by atoms with Crippen LogP contribution in [0.2, 0.25) is 0 Å². The lowest BCUT2D eigenvalue weighted by atomic mass is 10.2. The maximum absolute atomic E-state index is 2.23. The van der Waals surface area contributed by atoms with Gasteiger partial charge in [0, 0.05) is 18.9 Å². The van der Waals surface area contributed by atoms with E-state index in [1.807, 2.05) is 0 Å². The van der Waals surface area contributed by atoms with E-state index in [2.05, 4.69) is 36.9 Å². The molecular formula is C9H15N. The van der Waals surface area contributed by atoms with E-state index in [4.69, 9.17) is 0 Å². The van der Waals surface area contributed by atoms with Crippen LogP contribution in [0.4, 0.5) is 0 Å². The normalized spacial score (nSPS) is 10.2. The summed E-state index contributed by atoms with van der Waals surface area (Å²) in [6.45, 7) is 2.23. The number of hydrogen-bond donors (Lipinski definition) is 0. The summed E-state index contributed by atoms with van der Waals surface area (Å²) in [6.07, 6.45) is 5.91. The Kier molecular flexibility index (Phi) is 2.55. The molecule has 1 rings (SSSR count). The molecule has 0 spiro atoms. The Balaban J connectivity index is 2.49. The predicted octanol–water partition coefficient (Wildman–Crippen LogP) is 2.37. The van der Waals surface area contributed by atoms with Crippen LogP contribution in [-0.2, 0) is 13.5 Å². The predicted molar refractivity (Wildman–Crippen MR) is 44.0 cm³/mol. The van der Waals surface area contributed by atoms with Crippen LogP contribution in [0.5, 0.6) is 0 Å². The molecule has 0 fully saturated rings. The second kappa shape index (κ2) is 3.45. The van der Waals surface area contributed by atoms with Gasteiger partial charge in [0.25, 0.3) is 0 Å². The number of aromatic nitrogens is 1. The van der Waals surface area contributed by atoms with Crippen molar-refractivity contribution in [3.63, 3.8) is 0 Å². The van der Waals surface area contributed by atoms with E-state index in [-0.39, 0.29) is 0 Å². The highest BCUT2D eigenvalue weighted by Crippen LogP contribution is 2.04. The van der Waals surface area contributed by atoms with Crippen molar-refractivity contribution >= 4 is 0 Å². The van der Waals surface area contributed by atoms with Gasteiger partial charge in [-0.2, -0.15) is 0 Å². The minimum atomic E-state index is 1.22. The standard InChI is InChI=1S/C9H15N/c1-3-4-6-9-7-5-8-10(9)2/h5,7-8H,3-4,6H2,1-2H3. The van der Waals surface area contributed by atoms with Crippen LogP contribution in [-0.4, -0.2) is 4.57 Å². The molecule has 0 aromatic carbocycles. The maximum Gasteiger partial charge on any atom is 0.0171 e. The van der Waals surface area contributed by atoms with Crippen molar-refractivity contribution in [2.24, 2.45) is 7.05 Å². The van der Waals surface area contributed by atoms with Crippen molar-refractivity contribution in [3.8, 4) is 0 Å². The van der Waals surface area contributed by atoms with Crippen LogP contribution in [0.25, 0.3) is 0 Å². The molecule has 10 heavy (non-hydrogen) atoms. The van der Waals surface area contributed by atoms with Gasteiger partial charge in [-0.3, -0.25) is 0 Å². The Morgan fingerprint density at radius 1 is 1.50 bits per heavy atom. The van der Waals surface area contributed by atoms with Crippen molar-refractivity contribution in [2.75, 3.05) is 0 Å². The first-order valence-corrected chi connectivity index (χ1v) is 3.95. The Morgan fingerprint density at radius 2 is 2.30 bits per heavy atom. The summed E-state index contributed by atoms with van der Waals surface area (Å²) in [6, 6.07) is 4.29. The van der Waals surface area contributed by atoms with E-state index in [0.717, 1.165) is 0 Å². The third kappa shape index (κ3) is 1.63. The molecule has 0 radical (unpaired) electrons. The Bertz CT molecular complexity index is 188. The molecule has 0 saturated carbocycles. The van der Waals surface area contributed by atoms with E-state index in [1.54, 1.807) is 0 Å². The zero-order valence-corrected chi connectivity index (χ0v) is 6.80. The van der Waals surface area contributed by atoms with Crippen molar-refractivity contribution < 1.29 is 0 Å². The Hall–Kier alpha value is -0.720. The van der Waals surface area contributed by atoms with Gasteiger partial charge in [0.2, 0.25) is 0 Å². The summed E-state index contributed by atoms with van der Waals surface area (Å²) >= 11 is 0. The second-order valence-electron chi connectivity index (χ2n) is 2.71. The quantitative estimate of drug-likeness (QED) is 0.602. The van der Waals surface area contributed by atoms with Gasteiger partial charge in [0.1, 0.15) is 0 Å².